The average molecular weight is 785 g/mol. The van der Waals surface area contributed by atoms with E-state index in [1.165, 1.54) is 31.3 Å². The van der Waals surface area contributed by atoms with Crippen molar-refractivity contribution in [3.8, 4) is 18.4 Å². The van der Waals surface area contributed by atoms with E-state index in [-0.39, 0.29) is 47.4 Å². The van der Waals surface area contributed by atoms with E-state index in [9.17, 15) is 18.0 Å². The predicted octanol–water partition coefficient (Wildman–Crippen LogP) is 12.0. The van der Waals surface area contributed by atoms with Gasteiger partial charge in [-0.25, -0.2) is 0 Å². The molecule has 3 unspecified atom stereocenters. The Morgan fingerprint density at radius 1 is 1.07 bits per heavy atom. The molecule has 2 fully saturated rings. The summed E-state index contributed by atoms with van der Waals surface area (Å²) in [5.74, 6) is 2.77. The van der Waals surface area contributed by atoms with Crippen LogP contribution in [-0.4, -0.2) is 36.6 Å². The number of fused-ring (bicyclic) bond motifs is 1. The third kappa shape index (κ3) is 27.0. The molecule has 4 nitrogen and oxygen atoms in total. The minimum atomic E-state index is -4.88. The molecule has 0 aromatic rings. The molecule has 3 atom stereocenters. The van der Waals surface area contributed by atoms with Gasteiger partial charge >= 0.3 is 6.18 Å². The number of hydrogen-bond donors (Lipinski definition) is 0. The summed E-state index contributed by atoms with van der Waals surface area (Å²) >= 11 is 0. The molecule has 0 aromatic carbocycles. The Bertz CT molecular complexity index is 882. The van der Waals surface area contributed by atoms with E-state index in [0.717, 1.165) is 25.4 Å². The van der Waals surface area contributed by atoms with E-state index in [1.54, 1.807) is 6.92 Å². The molecule has 8 heteroatoms. The molecule has 0 spiro atoms. The van der Waals surface area contributed by atoms with Crippen molar-refractivity contribution in [3.63, 3.8) is 0 Å². The summed E-state index contributed by atoms with van der Waals surface area (Å²) in [4.78, 5) is 12.5. The molecule has 1 saturated heterocycles. The normalized spacial score (nSPS) is 17.1. The first-order chi connectivity index (χ1) is 20.6. The summed E-state index contributed by atoms with van der Waals surface area (Å²) in [5.41, 5.74) is 2.50. The van der Waals surface area contributed by atoms with Gasteiger partial charge in [0.2, 0.25) is 0 Å². The van der Waals surface area contributed by atoms with Crippen molar-refractivity contribution < 1.29 is 58.8 Å². The summed E-state index contributed by atoms with van der Waals surface area (Å²) in [6.07, 6.45) is 6.23. The van der Waals surface area contributed by atoms with Crippen molar-refractivity contribution in [1.29, 1.82) is 5.26 Å². The summed E-state index contributed by atoms with van der Waals surface area (Å²) in [6, 6.07) is 2.22. The Morgan fingerprint density at radius 3 is 1.76 bits per heavy atom. The third-order valence-electron chi connectivity index (χ3n) is 7.65. The van der Waals surface area contributed by atoms with Gasteiger partial charge in [0.15, 0.2) is 5.91 Å². The Balaban J connectivity index is -0.000000180. The second-order valence-corrected chi connectivity index (χ2v) is 13.6. The van der Waals surface area contributed by atoms with E-state index in [1.807, 2.05) is 18.7 Å². The average Bonchev–Trinajstić information content (AvgIpc) is 3.24. The molecule has 0 radical (unpaired) electrons. The van der Waals surface area contributed by atoms with Crippen LogP contribution >= 0.6 is 0 Å². The number of hydrogen-bond acceptors (Lipinski definition) is 3. The fraction of sp³-hybridized carbons (Fsp3) is 0.789. The molecule has 1 aliphatic carbocycles. The van der Waals surface area contributed by atoms with Crippen LogP contribution < -0.4 is 0 Å². The summed E-state index contributed by atoms with van der Waals surface area (Å²) in [5, 5.41) is 11.6. The monoisotopic (exact) mass is 782 g/mol. The van der Waals surface area contributed by atoms with Crippen LogP contribution in [0.15, 0.2) is 24.4 Å². The molecule has 0 N–H and O–H groups in total. The number of alkyl halides is 3. The topological polar surface area (TPSA) is 58.2 Å². The predicted molar refractivity (Wildman–Crippen MR) is 190 cm³/mol. The number of nitriles is 1. The smallest absolute Gasteiger partial charge is 0.432 e. The van der Waals surface area contributed by atoms with E-state index >= 15 is 0 Å². The zero-order valence-electron chi connectivity index (χ0n) is 32.0. The molecule has 1 saturated carbocycles. The number of likely N-dealkylation sites (tertiary alicyclic amines) is 1. The molecule has 1 heterocycles. The summed E-state index contributed by atoms with van der Waals surface area (Å²) in [7, 11) is 0. The molecule has 0 aromatic heterocycles. The van der Waals surface area contributed by atoms with E-state index in [4.69, 9.17) is 5.26 Å². The molecule has 2 rings (SSSR count). The third-order valence-corrected chi connectivity index (χ3v) is 7.65. The second kappa shape index (κ2) is 28.9. The van der Waals surface area contributed by atoms with Crippen LogP contribution in [0.25, 0.3) is 5.32 Å². The SMILES string of the molecule is C#CC.C=C(C)C(CCC#N)CCC(C)(C)CC.C=C(C[N-]C(=O)C(F)(F)F)N1CC2C(C1)C2(C)C.CC.CC(C)C.CCC.[Nd]. The number of nitrogens with zero attached hydrogens (tertiary/aromatic N) is 3. The van der Waals surface area contributed by atoms with Gasteiger partial charge in [-0.3, -0.25) is 0 Å². The number of carbonyl (C=O) groups excluding carboxylic acids is 1. The molecule has 1 aliphatic heterocycles. The molecule has 2 aliphatic rings. The first kappa shape index (κ1) is 54.4. The first-order valence-electron chi connectivity index (χ1n) is 16.7. The quantitative estimate of drug-likeness (QED) is 0.164. The van der Waals surface area contributed by atoms with Crippen molar-refractivity contribution in [2.75, 3.05) is 19.6 Å². The van der Waals surface area contributed by atoms with Gasteiger partial charge < -0.3 is 15.0 Å². The number of carbonyl (C=O) groups is 1. The molecule has 268 valence electrons. The molecule has 0 bridgehead atoms. The largest absolute Gasteiger partial charge is 0.641 e. The number of amides is 1. The maximum absolute atomic E-state index is 12.0. The van der Waals surface area contributed by atoms with Gasteiger partial charge in [-0.15, -0.1) is 12.3 Å². The van der Waals surface area contributed by atoms with E-state index in [2.05, 4.69) is 113 Å². The number of terminal acetylenes is 1. The van der Waals surface area contributed by atoms with Gasteiger partial charge in [0.25, 0.3) is 0 Å². The van der Waals surface area contributed by atoms with Crippen LogP contribution in [0.4, 0.5) is 13.2 Å². The van der Waals surface area contributed by atoms with Crippen LogP contribution in [0.5, 0.6) is 0 Å². The van der Waals surface area contributed by atoms with Crippen molar-refractivity contribution in [1.82, 2.24) is 4.90 Å². The molecule has 1 amide bonds. The van der Waals surface area contributed by atoms with Gasteiger partial charge in [0.1, 0.15) is 0 Å². The van der Waals surface area contributed by atoms with Crippen LogP contribution in [0.3, 0.4) is 0 Å². The first-order valence-corrected chi connectivity index (χ1v) is 16.7. The Morgan fingerprint density at radius 2 is 1.46 bits per heavy atom. The van der Waals surface area contributed by atoms with Crippen molar-refractivity contribution in [3.05, 3.63) is 29.7 Å². The van der Waals surface area contributed by atoms with Crippen LogP contribution in [0.1, 0.15) is 135 Å². The molecular weight excluding hydrogens is 716 g/mol. The second-order valence-electron chi connectivity index (χ2n) is 13.6. The molecule has 46 heavy (non-hydrogen) atoms. The Labute approximate surface area is 316 Å². The van der Waals surface area contributed by atoms with Crippen LogP contribution in [0, 0.1) is 99.0 Å². The number of allylic oxidation sites excluding steroid dienone is 1. The van der Waals surface area contributed by atoms with Crippen LogP contribution in [-0.2, 0) is 4.79 Å². The van der Waals surface area contributed by atoms with Crippen molar-refractivity contribution >= 4 is 5.91 Å². The minimum absolute atomic E-state index is 0. The standard InChI is InChI=1S/C14H25N.C12H17F3N2O.C4H10.C3H8.C3H4.C2H6.Nd/c1-6-14(4,5)10-9-13(12(2)3)8-7-11-15;1-7(4-16-10(18)12(13,14)15)17-5-8-9(6-17)11(8,2)3;1-4(2)3;2*1-3-2;1-2;/h13H,2,6-10H2,1,3-5H3;8-9H,1,4-6H2,2-3H3,(H,16,18);4H,1-3H3;3H2,1-2H3;1H,2H3;1-2H3;/p-1. The fourth-order valence-corrected chi connectivity index (χ4v) is 4.36. The van der Waals surface area contributed by atoms with Gasteiger partial charge in [-0.1, -0.05) is 121 Å². The fourth-order valence-electron chi connectivity index (χ4n) is 4.36. The van der Waals surface area contributed by atoms with E-state index < -0.39 is 12.1 Å². The molecular formula is C38H69F3N3NdO-. The van der Waals surface area contributed by atoms with Gasteiger partial charge in [-0.05, 0) is 73.3 Å². The number of rotatable bonds is 10. The maximum atomic E-state index is 12.0. The van der Waals surface area contributed by atoms with Gasteiger partial charge in [0, 0.05) is 60.3 Å². The zero-order valence-corrected chi connectivity index (χ0v) is 35.3. The van der Waals surface area contributed by atoms with Gasteiger partial charge in [-0.2, -0.15) is 18.4 Å². The zero-order chi connectivity index (χ0) is 36.6. The Kier molecular flexibility index (Phi) is 34.2. The van der Waals surface area contributed by atoms with Crippen molar-refractivity contribution in [2.24, 2.45) is 34.5 Å². The van der Waals surface area contributed by atoms with Crippen LogP contribution in [0.2, 0.25) is 0 Å². The maximum Gasteiger partial charge on any atom is 0.432 e. The summed E-state index contributed by atoms with van der Waals surface area (Å²) in [6.45, 7) is 38.8. The number of halogens is 3. The van der Waals surface area contributed by atoms with Gasteiger partial charge in [0.05, 0.1) is 6.07 Å². The Hall–Kier alpha value is -1.06. The summed E-state index contributed by atoms with van der Waals surface area (Å²) < 4.78 is 35.9. The minimum Gasteiger partial charge on any atom is -0.641 e. The number of piperidine rings is 1. The van der Waals surface area contributed by atoms with E-state index in [0.29, 0.717) is 40.7 Å². The van der Waals surface area contributed by atoms with Crippen molar-refractivity contribution in [2.45, 2.75) is 142 Å².